The Morgan fingerprint density at radius 2 is 2.31 bits per heavy atom. The molecule has 0 bridgehead atoms. The van der Waals surface area contributed by atoms with E-state index in [1.807, 2.05) is 26.2 Å². The average molecular weight is 203 g/mol. The molecule has 0 atom stereocenters. The lowest BCUT2D eigenvalue weighted by Gasteiger charge is -2.19. The molecule has 13 heavy (non-hydrogen) atoms. The topological polar surface area (TPSA) is 24.8 Å². The van der Waals surface area contributed by atoms with Crippen molar-refractivity contribution in [2.75, 3.05) is 20.7 Å². The maximum atomic E-state index is 4.70. The molecule has 0 aromatic heterocycles. The molecule has 0 saturated heterocycles. The van der Waals surface area contributed by atoms with E-state index in [4.69, 9.17) is 4.84 Å². The van der Waals surface area contributed by atoms with E-state index in [0.29, 0.717) is 0 Å². The molecule has 4 heteroatoms. The SMILES string of the molecule is CON=C(C)C1=CC=CN(C)C1.Cl. The third-order valence-corrected chi connectivity index (χ3v) is 1.75. The van der Waals surface area contributed by atoms with Crippen LogP contribution in [0.2, 0.25) is 0 Å². The van der Waals surface area contributed by atoms with Crippen LogP contribution in [0.25, 0.3) is 0 Å². The molecule has 1 aliphatic heterocycles. The number of halogens is 1. The van der Waals surface area contributed by atoms with Crippen LogP contribution in [0.1, 0.15) is 6.92 Å². The Labute approximate surface area is 85.1 Å². The number of allylic oxidation sites excluding steroid dienone is 2. The summed E-state index contributed by atoms with van der Waals surface area (Å²) in [7, 11) is 3.59. The van der Waals surface area contributed by atoms with E-state index < -0.39 is 0 Å². The van der Waals surface area contributed by atoms with Crippen molar-refractivity contribution in [2.24, 2.45) is 5.16 Å². The smallest absolute Gasteiger partial charge is 0.106 e. The van der Waals surface area contributed by atoms with Crippen molar-refractivity contribution in [3.05, 3.63) is 23.9 Å². The third kappa shape index (κ3) is 3.51. The van der Waals surface area contributed by atoms with Gasteiger partial charge in [0, 0.05) is 13.6 Å². The first-order valence-electron chi connectivity index (χ1n) is 3.89. The summed E-state index contributed by atoms with van der Waals surface area (Å²) in [5.74, 6) is 0. The Balaban J connectivity index is 0.00000144. The Morgan fingerprint density at radius 3 is 2.85 bits per heavy atom. The molecule has 0 radical (unpaired) electrons. The highest BCUT2D eigenvalue weighted by Crippen LogP contribution is 2.07. The fourth-order valence-electron chi connectivity index (χ4n) is 1.11. The number of nitrogens with zero attached hydrogens (tertiary/aromatic N) is 2. The van der Waals surface area contributed by atoms with Gasteiger partial charge in [-0.1, -0.05) is 11.2 Å². The molecule has 0 fully saturated rings. The summed E-state index contributed by atoms with van der Waals surface area (Å²) in [6.07, 6.45) is 6.09. The van der Waals surface area contributed by atoms with Gasteiger partial charge in [0.1, 0.15) is 7.11 Å². The van der Waals surface area contributed by atoms with Crippen LogP contribution in [-0.4, -0.2) is 31.3 Å². The van der Waals surface area contributed by atoms with Gasteiger partial charge >= 0.3 is 0 Å². The lowest BCUT2D eigenvalue weighted by atomic mass is 10.1. The van der Waals surface area contributed by atoms with Crippen molar-refractivity contribution < 1.29 is 4.84 Å². The summed E-state index contributed by atoms with van der Waals surface area (Å²) >= 11 is 0. The van der Waals surface area contributed by atoms with Gasteiger partial charge in [-0.3, -0.25) is 0 Å². The molecular formula is C9H15ClN2O. The molecule has 1 heterocycles. The first kappa shape index (κ1) is 12.0. The maximum Gasteiger partial charge on any atom is 0.106 e. The van der Waals surface area contributed by atoms with E-state index in [2.05, 4.69) is 16.1 Å². The van der Waals surface area contributed by atoms with Crippen LogP contribution in [0, 0.1) is 0 Å². The summed E-state index contributed by atoms with van der Waals surface area (Å²) in [6.45, 7) is 2.84. The number of hydrogen-bond acceptors (Lipinski definition) is 3. The molecule has 0 aromatic rings. The number of oxime groups is 1. The Kier molecular flexibility index (Phi) is 5.23. The highest BCUT2D eigenvalue weighted by molar-refractivity contribution is 5.98. The minimum absolute atomic E-state index is 0. The molecule has 3 nitrogen and oxygen atoms in total. The number of rotatable bonds is 2. The Hall–Kier alpha value is -0.960. The predicted molar refractivity (Wildman–Crippen MR) is 57.2 cm³/mol. The average Bonchev–Trinajstić information content (AvgIpc) is 2.05. The Morgan fingerprint density at radius 1 is 1.62 bits per heavy atom. The molecule has 0 aliphatic carbocycles. The maximum absolute atomic E-state index is 4.70. The monoisotopic (exact) mass is 202 g/mol. The second-order valence-corrected chi connectivity index (χ2v) is 2.81. The van der Waals surface area contributed by atoms with E-state index in [0.717, 1.165) is 12.3 Å². The van der Waals surface area contributed by atoms with Gasteiger partial charge in [0.15, 0.2) is 0 Å². The Bertz CT molecular complexity index is 246. The zero-order chi connectivity index (χ0) is 8.97. The summed E-state index contributed by atoms with van der Waals surface area (Å²) in [4.78, 5) is 6.80. The minimum atomic E-state index is 0. The van der Waals surface area contributed by atoms with Crippen molar-refractivity contribution in [1.29, 1.82) is 0 Å². The van der Waals surface area contributed by atoms with Crippen molar-refractivity contribution in [3.8, 4) is 0 Å². The highest BCUT2D eigenvalue weighted by atomic mass is 35.5. The van der Waals surface area contributed by atoms with Crippen LogP contribution in [0.15, 0.2) is 29.1 Å². The molecule has 0 amide bonds. The summed E-state index contributed by atoms with van der Waals surface area (Å²) in [6, 6.07) is 0. The highest BCUT2D eigenvalue weighted by Gasteiger charge is 2.06. The van der Waals surface area contributed by atoms with Crippen LogP contribution in [-0.2, 0) is 4.84 Å². The van der Waals surface area contributed by atoms with Gasteiger partial charge in [-0.05, 0) is 24.8 Å². The molecule has 1 aliphatic rings. The van der Waals surface area contributed by atoms with Gasteiger partial charge in [0.25, 0.3) is 0 Å². The van der Waals surface area contributed by atoms with Crippen molar-refractivity contribution >= 4 is 18.1 Å². The quantitative estimate of drug-likeness (QED) is 0.504. The molecule has 0 N–H and O–H groups in total. The standard InChI is InChI=1S/C9H14N2O.ClH/c1-8(10-12-3)9-5-4-6-11(2)7-9;/h4-6H,7H2,1-3H3;1H. The van der Waals surface area contributed by atoms with Crippen molar-refractivity contribution in [2.45, 2.75) is 6.92 Å². The van der Waals surface area contributed by atoms with Gasteiger partial charge < -0.3 is 9.74 Å². The summed E-state index contributed by atoms with van der Waals surface area (Å²) in [5, 5.41) is 3.87. The lowest BCUT2D eigenvalue weighted by molar-refractivity contribution is 0.213. The predicted octanol–water partition coefficient (Wildman–Crippen LogP) is 1.82. The molecule has 0 unspecified atom stereocenters. The number of likely N-dealkylation sites (N-methyl/N-ethyl adjacent to an activating group) is 1. The van der Waals surface area contributed by atoms with Crippen molar-refractivity contribution in [3.63, 3.8) is 0 Å². The molecular weight excluding hydrogens is 188 g/mol. The second-order valence-electron chi connectivity index (χ2n) is 2.81. The normalized spacial score (nSPS) is 16.4. The van der Waals surface area contributed by atoms with Crippen molar-refractivity contribution in [1.82, 2.24) is 4.90 Å². The van der Waals surface area contributed by atoms with Crippen LogP contribution in [0.4, 0.5) is 0 Å². The van der Waals surface area contributed by atoms with Gasteiger partial charge in [-0.25, -0.2) is 0 Å². The van der Waals surface area contributed by atoms with E-state index >= 15 is 0 Å². The third-order valence-electron chi connectivity index (χ3n) is 1.75. The molecule has 74 valence electrons. The fourth-order valence-corrected chi connectivity index (χ4v) is 1.11. The van der Waals surface area contributed by atoms with Crippen LogP contribution >= 0.6 is 12.4 Å². The van der Waals surface area contributed by atoms with E-state index in [9.17, 15) is 0 Å². The summed E-state index contributed by atoms with van der Waals surface area (Å²) < 4.78 is 0. The van der Waals surface area contributed by atoms with E-state index in [1.54, 1.807) is 7.11 Å². The first-order valence-corrected chi connectivity index (χ1v) is 3.89. The molecule has 0 aromatic carbocycles. The number of hydrogen-bond donors (Lipinski definition) is 0. The molecule has 0 saturated carbocycles. The second kappa shape index (κ2) is 5.65. The van der Waals surface area contributed by atoms with Gasteiger partial charge in [-0.15, -0.1) is 12.4 Å². The van der Waals surface area contributed by atoms with E-state index in [-0.39, 0.29) is 12.4 Å². The molecule has 0 spiro atoms. The zero-order valence-corrected chi connectivity index (χ0v) is 8.97. The minimum Gasteiger partial charge on any atom is -0.399 e. The van der Waals surface area contributed by atoms with Crippen LogP contribution in [0.5, 0.6) is 0 Å². The lowest BCUT2D eigenvalue weighted by Crippen LogP contribution is -2.20. The van der Waals surface area contributed by atoms with E-state index in [1.165, 1.54) is 5.57 Å². The summed E-state index contributed by atoms with van der Waals surface area (Å²) in [5.41, 5.74) is 2.13. The van der Waals surface area contributed by atoms with Crippen LogP contribution < -0.4 is 0 Å². The van der Waals surface area contributed by atoms with Gasteiger partial charge in [0.2, 0.25) is 0 Å². The van der Waals surface area contributed by atoms with Gasteiger partial charge in [-0.2, -0.15) is 0 Å². The first-order chi connectivity index (χ1) is 5.74. The zero-order valence-electron chi connectivity index (χ0n) is 8.15. The van der Waals surface area contributed by atoms with Crippen LogP contribution in [0.3, 0.4) is 0 Å². The van der Waals surface area contributed by atoms with Gasteiger partial charge in [0.05, 0.1) is 5.71 Å². The largest absolute Gasteiger partial charge is 0.399 e. The fraction of sp³-hybridized carbons (Fsp3) is 0.444. The molecule has 1 rings (SSSR count).